The normalized spacial score (nSPS) is 13.1. The highest BCUT2D eigenvalue weighted by Crippen LogP contribution is 2.23. The zero-order valence-corrected chi connectivity index (χ0v) is 19.2. The molecule has 0 saturated heterocycles. The van der Waals surface area contributed by atoms with Gasteiger partial charge in [-0.15, -0.1) is 0 Å². The first-order chi connectivity index (χ1) is 14.6. The van der Waals surface area contributed by atoms with Crippen molar-refractivity contribution in [1.82, 2.24) is 19.3 Å². The van der Waals surface area contributed by atoms with Crippen LogP contribution >= 0.6 is 0 Å². The number of aromatic amines is 1. The summed E-state index contributed by atoms with van der Waals surface area (Å²) in [6.07, 6.45) is 2.27. The van der Waals surface area contributed by atoms with E-state index in [4.69, 9.17) is 4.74 Å². The molecule has 0 aliphatic rings. The topological polar surface area (TPSA) is 105 Å². The summed E-state index contributed by atoms with van der Waals surface area (Å²) in [5, 5.41) is 0. The highest BCUT2D eigenvalue weighted by Gasteiger charge is 2.30. The highest BCUT2D eigenvalue weighted by atomic mass is 32.2. The van der Waals surface area contributed by atoms with Gasteiger partial charge >= 0.3 is 5.97 Å². The Morgan fingerprint density at radius 1 is 1.19 bits per heavy atom. The van der Waals surface area contributed by atoms with Crippen LogP contribution < -0.4 is 0 Å². The van der Waals surface area contributed by atoms with Gasteiger partial charge in [-0.05, 0) is 36.6 Å². The molecule has 1 atom stereocenters. The van der Waals surface area contributed by atoms with Crippen molar-refractivity contribution >= 4 is 27.0 Å². The van der Waals surface area contributed by atoms with Crippen molar-refractivity contribution in [3.63, 3.8) is 0 Å². The molecule has 0 amide bonds. The van der Waals surface area contributed by atoms with E-state index in [0.29, 0.717) is 6.42 Å². The lowest BCUT2D eigenvalue weighted by molar-refractivity contribution is -0.142. The number of ether oxygens (including phenoxy) is 1. The summed E-state index contributed by atoms with van der Waals surface area (Å²) >= 11 is 0. The van der Waals surface area contributed by atoms with Crippen molar-refractivity contribution in [1.29, 1.82) is 0 Å². The standard InChI is InChI=1S/C22H28N4O4S/c1-14(2)21(13-30-16(4)27)26(5)31(28,29)18-8-6-17(7-9-18)12-20-22-19(10-11-23-20)24-15(3)25-22/h6-11,14,21H,12-13H2,1-5H3,(H,24,25)/t21-/m1/s1. The SMILES string of the molecule is CC(=O)OC[C@H](C(C)C)N(C)S(=O)(=O)c1ccc(Cc2nccc3[nH]c(C)nc23)cc1. The van der Waals surface area contributed by atoms with Crippen molar-refractivity contribution in [2.24, 2.45) is 5.92 Å². The minimum atomic E-state index is -3.74. The van der Waals surface area contributed by atoms with Gasteiger partial charge < -0.3 is 9.72 Å². The number of nitrogens with zero attached hydrogens (tertiary/aromatic N) is 3. The molecule has 1 N–H and O–H groups in total. The number of imidazole rings is 1. The monoisotopic (exact) mass is 444 g/mol. The highest BCUT2D eigenvalue weighted by molar-refractivity contribution is 7.89. The molecular weight excluding hydrogens is 416 g/mol. The smallest absolute Gasteiger partial charge is 0.302 e. The Hall–Kier alpha value is -2.78. The maximum absolute atomic E-state index is 13.1. The van der Waals surface area contributed by atoms with Gasteiger partial charge in [0.05, 0.1) is 22.1 Å². The molecular formula is C22H28N4O4S. The Balaban J connectivity index is 1.81. The fourth-order valence-electron chi connectivity index (χ4n) is 3.48. The molecule has 0 radical (unpaired) electrons. The Kier molecular flexibility index (Phi) is 6.76. The zero-order chi connectivity index (χ0) is 22.8. The summed E-state index contributed by atoms with van der Waals surface area (Å²) < 4.78 is 32.6. The predicted octanol–water partition coefficient (Wildman–Crippen LogP) is 3.07. The number of hydrogen-bond donors (Lipinski definition) is 1. The van der Waals surface area contributed by atoms with Crippen LogP contribution in [0.2, 0.25) is 0 Å². The number of aromatic nitrogens is 3. The Morgan fingerprint density at radius 3 is 2.48 bits per heavy atom. The van der Waals surface area contributed by atoms with Gasteiger partial charge in [0, 0.05) is 26.6 Å². The van der Waals surface area contributed by atoms with E-state index in [1.165, 1.54) is 18.3 Å². The molecule has 0 saturated carbocycles. The molecule has 166 valence electrons. The van der Waals surface area contributed by atoms with Crippen LogP contribution in [0.3, 0.4) is 0 Å². The predicted molar refractivity (Wildman–Crippen MR) is 118 cm³/mol. The molecule has 2 aromatic heterocycles. The van der Waals surface area contributed by atoms with Gasteiger partial charge in [-0.25, -0.2) is 13.4 Å². The molecule has 9 heteroatoms. The average molecular weight is 445 g/mol. The third kappa shape index (κ3) is 5.11. The maximum Gasteiger partial charge on any atom is 0.302 e. The molecule has 1 aromatic carbocycles. The van der Waals surface area contributed by atoms with Gasteiger partial charge in [-0.3, -0.25) is 9.78 Å². The van der Waals surface area contributed by atoms with Gasteiger partial charge in [-0.1, -0.05) is 26.0 Å². The lowest BCUT2D eigenvalue weighted by Gasteiger charge is -2.30. The number of pyridine rings is 1. The van der Waals surface area contributed by atoms with Gasteiger partial charge in [0.25, 0.3) is 0 Å². The molecule has 0 spiro atoms. The van der Waals surface area contributed by atoms with Crippen molar-refractivity contribution < 1.29 is 17.9 Å². The minimum absolute atomic E-state index is 0.0135. The van der Waals surface area contributed by atoms with E-state index in [9.17, 15) is 13.2 Å². The van der Waals surface area contributed by atoms with Crippen molar-refractivity contribution in [3.05, 3.63) is 53.6 Å². The number of sulfonamides is 1. The second-order valence-corrected chi connectivity index (χ2v) is 9.93. The maximum atomic E-state index is 13.1. The molecule has 0 bridgehead atoms. The van der Waals surface area contributed by atoms with E-state index in [2.05, 4.69) is 15.0 Å². The van der Waals surface area contributed by atoms with Crippen LogP contribution in [0.5, 0.6) is 0 Å². The summed E-state index contributed by atoms with van der Waals surface area (Å²) in [4.78, 5) is 23.5. The van der Waals surface area contributed by atoms with Crippen molar-refractivity contribution in [2.75, 3.05) is 13.7 Å². The van der Waals surface area contributed by atoms with Gasteiger partial charge in [-0.2, -0.15) is 4.31 Å². The molecule has 3 rings (SSSR count). The third-order valence-electron chi connectivity index (χ3n) is 5.26. The number of esters is 1. The summed E-state index contributed by atoms with van der Waals surface area (Å²) in [6.45, 7) is 7.01. The molecule has 3 aromatic rings. The molecule has 0 aliphatic heterocycles. The number of H-pyrrole nitrogens is 1. The summed E-state index contributed by atoms with van der Waals surface area (Å²) in [5.74, 6) is 0.362. The summed E-state index contributed by atoms with van der Waals surface area (Å²) in [6, 6.07) is 8.19. The van der Waals surface area contributed by atoms with Crippen LogP contribution in [0.15, 0.2) is 41.4 Å². The van der Waals surface area contributed by atoms with E-state index in [0.717, 1.165) is 28.1 Å². The number of benzene rings is 1. The Labute approximate surface area is 182 Å². The van der Waals surface area contributed by atoms with Crippen molar-refractivity contribution in [3.8, 4) is 0 Å². The first-order valence-electron chi connectivity index (χ1n) is 10.1. The number of carbonyl (C=O) groups is 1. The lowest BCUT2D eigenvalue weighted by Crippen LogP contribution is -2.43. The van der Waals surface area contributed by atoms with Crippen LogP contribution in [0.1, 0.15) is 37.9 Å². The number of nitrogens with one attached hydrogen (secondary N) is 1. The molecule has 31 heavy (non-hydrogen) atoms. The second-order valence-electron chi connectivity index (χ2n) is 7.93. The molecule has 0 aliphatic carbocycles. The fraction of sp³-hybridized carbons (Fsp3) is 0.409. The van der Waals surface area contributed by atoms with Gasteiger partial charge in [0.1, 0.15) is 17.9 Å². The average Bonchev–Trinajstić information content (AvgIpc) is 3.09. The van der Waals surface area contributed by atoms with E-state index >= 15 is 0 Å². The van der Waals surface area contributed by atoms with Crippen LogP contribution in [0, 0.1) is 12.8 Å². The zero-order valence-electron chi connectivity index (χ0n) is 18.4. The van der Waals surface area contributed by atoms with Crippen LogP contribution in [0.4, 0.5) is 0 Å². The number of likely N-dealkylation sites (N-methyl/N-ethyl adjacent to an activating group) is 1. The van der Waals surface area contributed by atoms with Gasteiger partial charge in [0.15, 0.2) is 0 Å². The number of aryl methyl sites for hydroxylation is 1. The number of rotatable bonds is 8. The quantitative estimate of drug-likeness (QED) is 0.535. The first kappa shape index (κ1) is 22.9. The van der Waals surface area contributed by atoms with Crippen molar-refractivity contribution in [2.45, 2.75) is 45.1 Å². The lowest BCUT2D eigenvalue weighted by atomic mass is 10.1. The number of hydrogen-bond acceptors (Lipinski definition) is 6. The van der Waals surface area contributed by atoms with E-state index in [-0.39, 0.29) is 17.4 Å². The van der Waals surface area contributed by atoms with Gasteiger partial charge in [0.2, 0.25) is 10.0 Å². The summed E-state index contributed by atoms with van der Waals surface area (Å²) in [7, 11) is -2.23. The van der Waals surface area contributed by atoms with E-state index in [1.807, 2.05) is 26.8 Å². The Morgan fingerprint density at radius 2 is 1.87 bits per heavy atom. The molecule has 8 nitrogen and oxygen atoms in total. The van der Waals surface area contributed by atoms with E-state index in [1.54, 1.807) is 30.5 Å². The molecule has 2 heterocycles. The minimum Gasteiger partial charge on any atom is -0.464 e. The second kappa shape index (κ2) is 9.15. The molecule has 0 unspecified atom stereocenters. The Bertz CT molecular complexity index is 1170. The molecule has 0 fully saturated rings. The van der Waals surface area contributed by atoms with Crippen LogP contribution in [-0.4, -0.2) is 53.3 Å². The van der Waals surface area contributed by atoms with Crippen LogP contribution in [-0.2, 0) is 26.0 Å². The first-order valence-corrected chi connectivity index (χ1v) is 11.5. The van der Waals surface area contributed by atoms with E-state index < -0.39 is 22.0 Å². The number of fused-ring (bicyclic) bond motifs is 1. The largest absolute Gasteiger partial charge is 0.464 e. The third-order valence-corrected chi connectivity index (χ3v) is 7.16. The summed E-state index contributed by atoms with van der Waals surface area (Å²) in [5.41, 5.74) is 3.51. The van der Waals surface area contributed by atoms with Crippen LogP contribution in [0.25, 0.3) is 11.0 Å². The fourth-order valence-corrected chi connectivity index (χ4v) is 4.95. The number of carbonyl (C=O) groups excluding carboxylic acids is 1.